The summed E-state index contributed by atoms with van der Waals surface area (Å²) in [6.07, 6.45) is -1.62. The van der Waals surface area contributed by atoms with E-state index in [9.17, 15) is 21.6 Å². The Kier molecular flexibility index (Phi) is 5.81. The van der Waals surface area contributed by atoms with Crippen LogP contribution >= 0.6 is 0 Å². The monoisotopic (exact) mass is 423 g/mol. The summed E-state index contributed by atoms with van der Waals surface area (Å²) in [5.41, 5.74) is 1.19. The van der Waals surface area contributed by atoms with Gasteiger partial charge in [0, 0.05) is 5.56 Å². The van der Waals surface area contributed by atoms with Gasteiger partial charge in [0.15, 0.2) is 5.69 Å². The van der Waals surface area contributed by atoms with Crippen molar-refractivity contribution in [3.8, 4) is 16.9 Å². The first-order chi connectivity index (χ1) is 13.6. The zero-order valence-corrected chi connectivity index (χ0v) is 16.5. The number of benzene rings is 2. The molecule has 0 saturated heterocycles. The van der Waals surface area contributed by atoms with Crippen molar-refractivity contribution in [3.63, 3.8) is 0 Å². The zero-order valence-electron chi connectivity index (χ0n) is 15.6. The third kappa shape index (κ3) is 4.86. The predicted molar refractivity (Wildman–Crippen MR) is 104 cm³/mol. The van der Waals surface area contributed by atoms with Crippen molar-refractivity contribution in [2.45, 2.75) is 37.3 Å². The highest BCUT2D eigenvalue weighted by molar-refractivity contribution is 7.89. The maximum absolute atomic E-state index is 13.3. The molecule has 0 saturated carbocycles. The van der Waals surface area contributed by atoms with Gasteiger partial charge in [-0.3, -0.25) is 0 Å². The third-order valence-corrected chi connectivity index (χ3v) is 5.41. The average Bonchev–Trinajstić information content (AvgIpc) is 3.12. The number of aromatic nitrogens is 2. The summed E-state index contributed by atoms with van der Waals surface area (Å²) in [6, 6.07) is 13.5. The lowest BCUT2D eigenvalue weighted by atomic mass is 10.0. The molecule has 29 heavy (non-hydrogen) atoms. The number of alkyl halides is 3. The number of nitrogens with two attached hydrogens (primary N) is 1. The lowest BCUT2D eigenvalue weighted by Gasteiger charge is -2.09. The summed E-state index contributed by atoms with van der Waals surface area (Å²) in [7, 11) is -3.90. The highest BCUT2D eigenvalue weighted by Gasteiger charge is 2.35. The van der Waals surface area contributed by atoms with Crippen LogP contribution in [0.15, 0.2) is 59.5 Å². The maximum Gasteiger partial charge on any atom is 0.435 e. The second-order valence-electron chi connectivity index (χ2n) is 6.66. The quantitative estimate of drug-likeness (QED) is 0.632. The number of nitrogens with zero attached hydrogens (tertiary/aromatic N) is 2. The molecule has 0 aliphatic rings. The molecule has 3 aromatic rings. The Balaban J connectivity index is 2.06. The molecule has 0 unspecified atom stereocenters. The minimum absolute atomic E-state index is 0.133. The fraction of sp³-hybridized carbons (Fsp3) is 0.250. The molecule has 2 N–H and O–H groups in total. The van der Waals surface area contributed by atoms with E-state index in [1.165, 1.54) is 24.3 Å². The van der Waals surface area contributed by atoms with Crippen LogP contribution in [0.25, 0.3) is 16.9 Å². The number of primary sulfonamides is 1. The minimum Gasteiger partial charge on any atom is -0.233 e. The van der Waals surface area contributed by atoms with E-state index < -0.39 is 21.9 Å². The number of halogens is 3. The van der Waals surface area contributed by atoms with Crippen LogP contribution < -0.4 is 5.14 Å². The van der Waals surface area contributed by atoms with Crippen molar-refractivity contribution in [1.29, 1.82) is 0 Å². The van der Waals surface area contributed by atoms with Crippen LogP contribution in [0.3, 0.4) is 0 Å². The Bertz CT molecular complexity index is 1090. The van der Waals surface area contributed by atoms with Gasteiger partial charge in [0.25, 0.3) is 0 Å². The fourth-order valence-electron chi connectivity index (χ4n) is 2.92. The molecule has 1 aromatic heterocycles. The van der Waals surface area contributed by atoms with Gasteiger partial charge in [-0.15, -0.1) is 0 Å². The van der Waals surface area contributed by atoms with Crippen LogP contribution in [0.2, 0.25) is 0 Å². The molecule has 1 heterocycles. The Morgan fingerprint density at radius 2 is 1.66 bits per heavy atom. The molecule has 9 heteroatoms. The second-order valence-corrected chi connectivity index (χ2v) is 8.23. The van der Waals surface area contributed by atoms with Crippen molar-refractivity contribution in [3.05, 3.63) is 65.9 Å². The van der Waals surface area contributed by atoms with Gasteiger partial charge >= 0.3 is 6.18 Å². The summed E-state index contributed by atoms with van der Waals surface area (Å²) in [4.78, 5) is -0.133. The number of sulfonamides is 1. The number of unbranched alkanes of at least 4 members (excludes halogenated alkanes) is 1. The van der Waals surface area contributed by atoms with E-state index in [1.807, 2.05) is 12.1 Å². The first kappa shape index (κ1) is 21.1. The molecule has 3 rings (SSSR count). The minimum atomic E-state index is -4.61. The largest absolute Gasteiger partial charge is 0.435 e. The van der Waals surface area contributed by atoms with Crippen molar-refractivity contribution in [1.82, 2.24) is 9.78 Å². The molecule has 5 nitrogen and oxygen atoms in total. The first-order valence-corrected chi connectivity index (χ1v) is 10.5. The van der Waals surface area contributed by atoms with Gasteiger partial charge in [-0.25, -0.2) is 18.2 Å². The molecule has 0 spiro atoms. The van der Waals surface area contributed by atoms with E-state index in [0.717, 1.165) is 35.6 Å². The molecule has 0 amide bonds. The van der Waals surface area contributed by atoms with Crippen LogP contribution in [-0.4, -0.2) is 18.2 Å². The van der Waals surface area contributed by atoms with E-state index in [-0.39, 0.29) is 16.3 Å². The smallest absolute Gasteiger partial charge is 0.233 e. The highest BCUT2D eigenvalue weighted by atomic mass is 32.2. The molecule has 0 atom stereocenters. The predicted octanol–water partition coefficient (Wildman–Crippen LogP) is 4.55. The molecule has 154 valence electrons. The van der Waals surface area contributed by atoms with Crippen LogP contribution in [0, 0.1) is 0 Å². The summed E-state index contributed by atoms with van der Waals surface area (Å²) < 4.78 is 63.8. The summed E-state index contributed by atoms with van der Waals surface area (Å²) in [5.74, 6) is 0. The summed E-state index contributed by atoms with van der Waals surface area (Å²) >= 11 is 0. The Morgan fingerprint density at radius 1 is 1.03 bits per heavy atom. The molecule has 0 radical (unpaired) electrons. The van der Waals surface area contributed by atoms with Gasteiger partial charge in [-0.1, -0.05) is 37.6 Å². The van der Waals surface area contributed by atoms with Gasteiger partial charge in [0.05, 0.1) is 16.3 Å². The summed E-state index contributed by atoms with van der Waals surface area (Å²) in [6.45, 7) is 2.09. The van der Waals surface area contributed by atoms with Crippen molar-refractivity contribution < 1.29 is 21.6 Å². The van der Waals surface area contributed by atoms with Crippen LogP contribution in [-0.2, 0) is 22.6 Å². The van der Waals surface area contributed by atoms with Gasteiger partial charge < -0.3 is 0 Å². The molecule has 0 aliphatic carbocycles. The molecular weight excluding hydrogens is 403 g/mol. The summed E-state index contributed by atoms with van der Waals surface area (Å²) in [5, 5.41) is 8.78. The third-order valence-electron chi connectivity index (χ3n) is 4.48. The van der Waals surface area contributed by atoms with Crippen LogP contribution in [0.5, 0.6) is 0 Å². The van der Waals surface area contributed by atoms with Gasteiger partial charge in [-0.05, 0) is 48.7 Å². The number of rotatable bonds is 6. The molecular formula is C20H20F3N3O2S. The highest BCUT2D eigenvalue weighted by Crippen LogP contribution is 2.33. The van der Waals surface area contributed by atoms with E-state index in [2.05, 4.69) is 12.0 Å². The van der Waals surface area contributed by atoms with Crippen LogP contribution in [0.1, 0.15) is 31.0 Å². The standard InChI is InChI=1S/C20H20F3N3O2S/c1-2-3-4-14-5-7-15(8-6-14)18-13-19(20(21,22)23)25-26(18)16-9-11-17(12-10-16)29(24,27)28/h5-13H,2-4H2,1H3,(H2,24,27,28). The van der Waals surface area contributed by atoms with Crippen molar-refractivity contribution >= 4 is 10.0 Å². The van der Waals surface area contributed by atoms with Crippen molar-refractivity contribution in [2.75, 3.05) is 0 Å². The maximum atomic E-state index is 13.3. The Morgan fingerprint density at radius 3 is 2.17 bits per heavy atom. The Hall–Kier alpha value is -2.65. The molecule has 2 aromatic carbocycles. The van der Waals surface area contributed by atoms with Gasteiger partial charge in [0.1, 0.15) is 0 Å². The molecule has 0 aliphatic heterocycles. The van der Waals surface area contributed by atoms with E-state index in [1.54, 1.807) is 12.1 Å². The molecule has 0 bridgehead atoms. The van der Waals surface area contributed by atoms with E-state index in [4.69, 9.17) is 5.14 Å². The van der Waals surface area contributed by atoms with Gasteiger partial charge in [-0.2, -0.15) is 18.3 Å². The first-order valence-electron chi connectivity index (χ1n) is 8.99. The zero-order chi connectivity index (χ0) is 21.2. The second kappa shape index (κ2) is 8.00. The Labute approximate surface area is 167 Å². The SMILES string of the molecule is CCCCc1ccc(-c2cc(C(F)(F)F)nn2-c2ccc(S(N)(=O)=O)cc2)cc1. The number of hydrogen-bond donors (Lipinski definition) is 1. The lowest BCUT2D eigenvalue weighted by Crippen LogP contribution is -2.12. The average molecular weight is 423 g/mol. The van der Waals surface area contributed by atoms with E-state index in [0.29, 0.717) is 5.56 Å². The van der Waals surface area contributed by atoms with E-state index >= 15 is 0 Å². The molecule has 0 fully saturated rings. The topological polar surface area (TPSA) is 78.0 Å². The lowest BCUT2D eigenvalue weighted by molar-refractivity contribution is -0.141. The fourth-order valence-corrected chi connectivity index (χ4v) is 3.44. The number of hydrogen-bond acceptors (Lipinski definition) is 3. The van der Waals surface area contributed by atoms with Crippen LogP contribution in [0.4, 0.5) is 13.2 Å². The number of aryl methyl sites for hydroxylation is 1. The normalized spacial score (nSPS) is 12.3. The van der Waals surface area contributed by atoms with Gasteiger partial charge in [0.2, 0.25) is 10.0 Å². The van der Waals surface area contributed by atoms with Crippen molar-refractivity contribution in [2.24, 2.45) is 5.14 Å².